The summed E-state index contributed by atoms with van der Waals surface area (Å²) < 4.78 is 0. The summed E-state index contributed by atoms with van der Waals surface area (Å²) in [6.07, 6.45) is 8.05. The lowest BCUT2D eigenvalue weighted by Gasteiger charge is -2.25. The van der Waals surface area contributed by atoms with Crippen molar-refractivity contribution in [3.63, 3.8) is 0 Å². The molecule has 1 aliphatic rings. The highest BCUT2D eigenvalue weighted by Gasteiger charge is 2.23. The number of hydrogen-bond donors (Lipinski definition) is 3. The van der Waals surface area contributed by atoms with E-state index in [4.69, 9.17) is 0 Å². The first-order chi connectivity index (χ1) is 10.1. The van der Waals surface area contributed by atoms with Gasteiger partial charge in [0.25, 0.3) is 0 Å². The van der Waals surface area contributed by atoms with Gasteiger partial charge in [-0.25, -0.2) is 0 Å². The van der Waals surface area contributed by atoms with Gasteiger partial charge in [0.05, 0.1) is 6.54 Å². The first-order valence-corrected chi connectivity index (χ1v) is 8.40. The molecule has 0 aliphatic heterocycles. The SMILES string of the molecule is CN=C(NCC1CC=CCC1)NCC(C)(O)c1ccsc1. The topological polar surface area (TPSA) is 56.7 Å². The van der Waals surface area contributed by atoms with Crippen LogP contribution in [0.1, 0.15) is 31.7 Å². The molecule has 1 aromatic rings. The van der Waals surface area contributed by atoms with Crippen LogP contribution in [0.3, 0.4) is 0 Å². The largest absolute Gasteiger partial charge is 0.384 e. The van der Waals surface area contributed by atoms with Crippen LogP contribution in [0.15, 0.2) is 34.0 Å². The standard InChI is InChI=1S/C16H25N3OS/c1-16(20,14-8-9-21-11-14)12-19-15(17-2)18-10-13-6-4-3-5-7-13/h3-4,8-9,11,13,20H,5-7,10,12H2,1-2H3,(H2,17,18,19). The van der Waals surface area contributed by atoms with Crippen molar-refractivity contribution in [3.05, 3.63) is 34.5 Å². The molecule has 0 fully saturated rings. The normalized spacial score (nSPS) is 21.9. The van der Waals surface area contributed by atoms with Crippen molar-refractivity contribution in [1.82, 2.24) is 10.6 Å². The highest BCUT2D eigenvalue weighted by molar-refractivity contribution is 7.08. The zero-order valence-electron chi connectivity index (χ0n) is 12.8. The fraction of sp³-hybridized carbons (Fsp3) is 0.562. The molecule has 4 nitrogen and oxygen atoms in total. The maximum absolute atomic E-state index is 10.5. The quantitative estimate of drug-likeness (QED) is 0.445. The van der Waals surface area contributed by atoms with E-state index in [0.29, 0.717) is 12.5 Å². The first kappa shape index (κ1) is 16.0. The Labute approximate surface area is 131 Å². The second kappa shape index (κ2) is 7.61. The van der Waals surface area contributed by atoms with Gasteiger partial charge in [-0.1, -0.05) is 12.2 Å². The van der Waals surface area contributed by atoms with Gasteiger partial charge in [-0.2, -0.15) is 11.3 Å². The number of nitrogens with one attached hydrogen (secondary N) is 2. The van der Waals surface area contributed by atoms with Crippen LogP contribution in [0, 0.1) is 5.92 Å². The van der Waals surface area contributed by atoms with E-state index < -0.39 is 5.60 Å². The van der Waals surface area contributed by atoms with Crippen LogP contribution in [-0.4, -0.2) is 31.2 Å². The zero-order chi connectivity index (χ0) is 15.1. The number of allylic oxidation sites excluding steroid dienone is 2. The summed E-state index contributed by atoms with van der Waals surface area (Å²) >= 11 is 1.60. The second-order valence-corrected chi connectivity index (χ2v) is 6.52. The van der Waals surface area contributed by atoms with Crippen LogP contribution in [0.5, 0.6) is 0 Å². The lowest BCUT2D eigenvalue weighted by atomic mass is 9.94. The van der Waals surface area contributed by atoms with E-state index in [9.17, 15) is 5.11 Å². The predicted molar refractivity (Wildman–Crippen MR) is 89.7 cm³/mol. The van der Waals surface area contributed by atoms with E-state index in [2.05, 4.69) is 27.8 Å². The van der Waals surface area contributed by atoms with Gasteiger partial charge in [-0.15, -0.1) is 0 Å². The van der Waals surface area contributed by atoms with Gasteiger partial charge < -0.3 is 15.7 Å². The number of aliphatic hydroxyl groups is 1. The Morgan fingerprint density at radius 3 is 2.95 bits per heavy atom. The summed E-state index contributed by atoms with van der Waals surface area (Å²) in [6.45, 7) is 3.18. The molecule has 5 heteroatoms. The van der Waals surface area contributed by atoms with E-state index in [1.165, 1.54) is 12.8 Å². The van der Waals surface area contributed by atoms with Crippen LogP contribution in [-0.2, 0) is 5.60 Å². The molecule has 1 aromatic heterocycles. The van der Waals surface area contributed by atoms with E-state index >= 15 is 0 Å². The molecule has 0 saturated carbocycles. The summed E-state index contributed by atoms with van der Waals surface area (Å²) in [5.74, 6) is 1.42. The Balaban J connectivity index is 1.78. The average molecular weight is 307 g/mol. The van der Waals surface area contributed by atoms with Gasteiger partial charge in [0, 0.05) is 13.6 Å². The average Bonchev–Trinajstić information content (AvgIpc) is 3.03. The molecule has 0 spiro atoms. The lowest BCUT2D eigenvalue weighted by Crippen LogP contribution is -2.45. The Morgan fingerprint density at radius 2 is 2.33 bits per heavy atom. The highest BCUT2D eigenvalue weighted by atomic mass is 32.1. The molecule has 0 amide bonds. The number of aliphatic imine (C=N–C) groups is 1. The van der Waals surface area contributed by atoms with E-state index in [1.807, 2.05) is 23.8 Å². The minimum atomic E-state index is -0.884. The summed E-state index contributed by atoms with van der Waals surface area (Å²) in [5, 5.41) is 21.0. The minimum absolute atomic E-state index is 0.438. The molecule has 21 heavy (non-hydrogen) atoms. The molecule has 2 unspecified atom stereocenters. The maximum Gasteiger partial charge on any atom is 0.191 e. The molecular weight excluding hydrogens is 282 g/mol. The van der Waals surface area contributed by atoms with Crippen LogP contribution >= 0.6 is 11.3 Å². The van der Waals surface area contributed by atoms with Crippen molar-refractivity contribution in [3.8, 4) is 0 Å². The Kier molecular flexibility index (Phi) is 5.82. The molecule has 116 valence electrons. The van der Waals surface area contributed by atoms with Crippen molar-refractivity contribution in [2.45, 2.75) is 31.8 Å². The van der Waals surface area contributed by atoms with Crippen LogP contribution in [0.2, 0.25) is 0 Å². The van der Waals surface area contributed by atoms with Gasteiger partial charge in [-0.3, -0.25) is 4.99 Å². The van der Waals surface area contributed by atoms with Gasteiger partial charge in [0.15, 0.2) is 5.96 Å². The van der Waals surface area contributed by atoms with E-state index in [-0.39, 0.29) is 0 Å². The Bertz CT molecular complexity index is 480. The fourth-order valence-electron chi connectivity index (χ4n) is 2.43. The molecule has 0 radical (unpaired) electrons. The van der Waals surface area contributed by atoms with Gasteiger partial charge >= 0.3 is 0 Å². The van der Waals surface area contributed by atoms with Crippen molar-refractivity contribution >= 4 is 17.3 Å². The third kappa shape index (κ3) is 4.86. The van der Waals surface area contributed by atoms with Crippen molar-refractivity contribution < 1.29 is 5.11 Å². The lowest BCUT2D eigenvalue weighted by molar-refractivity contribution is 0.0621. The van der Waals surface area contributed by atoms with Crippen LogP contribution < -0.4 is 10.6 Å². The smallest absolute Gasteiger partial charge is 0.191 e. The van der Waals surface area contributed by atoms with Crippen LogP contribution in [0.4, 0.5) is 0 Å². The van der Waals surface area contributed by atoms with Crippen molar-refractivity contribution in [2.24, 2.45) is 10.9 Å². The molecule has 2 rings (SSSR count). The minimum Gasteiger partial charge on any atom is -0.384 e. The van der Waals surface area contributed by atoms with E-state index in [1.54, 1.807) is 18.4 Å². The summed E-state index contributed by atoms with van der Waals surface area (Å²) in [4.78, 5) is 4.22. The molecular formula is C16H25N3OS. The summed E-state index contributed by atoms with van der Waals surface area (Å²) in [6, 6.07) is 1.96. The molecule has 2 atom stereocenters. The molecule has 3 N–H and O–H groups in total. The number of hydrogen-bond acceptors (Lipinski definition) is 3. The number of guanidine groups is 1. The summed E-state index contributed by atoms with van der Waals surface area (Å²) in [5.41, 5.74) is 0.0541. The fourth-order valence-corrected chi connectivity index (χ4v) is 3.21. The molecule has 0 bridgehead atoms. The number of rotatable bonds is 5. The van der Waals surface area contributed by atoms with Gasteiger partial charge in [0.2, 0.25) is 0 Å². The third-order valence-electron chi connectivity index (χ3n) is 3.90. The third-order valence-corrected chi connectivity index (χ3v) is 4.59. The van der Waals surface area contributed by atoms with E-state index in [0.717, 1.165) is 24.5 Å². The molecule has 1 aliphatic carbocycles. The Morgan fingerprint density at radius 1 is 1.48 bits per heavy atom. The van der Waals surface area contributed by atoms with Crippen molar-refractivity contribution in [2.75, 3.05) is 20.1 Å². The Hall–Kier alpha value is -1.33. The first-order valence-electron chi connectivity index (χ1n) is 7.46. The van der Waals surface area contributed by atoms with Crippen molar-refractivity contribution in [1.29, 1.82) is 0 Å². The monoisotopic (exact) mass is 307 g/mol. The number of thiophene rings is 1. The van der Waals surface area contributed by atoms with Gasteiger partial charge in [0.1, 0.15) is 5.60 Å². The highest BCUT2D eigenvalue weighted by Crippen LogP contribution is 2.22. The number of nitrogens with zero attached hydrogens (tertiary/aromatic N) is 1. The molecule has 1 heterocycles. The maximum atomic E-state index is 10.5. The zero-order valence-corrected chi connectivity index (χ0v) is 13.6. The van der Waals surface area contributed by atoms with Gasteiger partial charge in [-0.05, 0) is 54.5 Å². The predicted octanol–water partition coefficient (Wildman–Crippen LogP) is 2.48. The summed E-state index contributed by atoms with van der Waals surface area (Å²) in [7, 11) is 1.76. The van der Waals surface area contributed by atoms with Crippen LogP contribution in [0.25, 0.3) is 0 Å². The second-order valence-electron chi connectivity index (χ2n) is 5.74. The molecule has 0 saturated heterocycles. The molecule has 0 aromatic carbocycles.